The van der Waals surface area contributed by atoms with Crippen molar-refractivity contribution < 1.29 is 17.7 Å². The molecule has 0 unspecified atom stereocenters. The second-order valence-corrected chi connectivity index (χ2v) is 4.79. The third kappa shape index (κ3) is 3.44. The molecule has 18 heavy (non-hydrogen) atoms. The molecule has 0 amide bonds. The van der Waals surface area contributed by atoms with Gasteiger partial charge in [0.15, 0.2) is 5.82 Å². The third-order valence-electron chi connectivity index (χ3n) is 3.37. The number of aromatic nitrogens is 2. The van der Waals surface area contributed by atoms with Crippen LogP contribution in [0.3, 0.4) is 0 Å². The number of nitrogens with zero attached hydrogens (tertiary/aromatic N) is 2. The Labute approximate surface area is 103 Å². The van der Waals surface area contributed by atoms with Crippen LogP contribution in [0.1, 0.15) is 43.3 Å². The molecule has 1 aliphatic carbocycles. The molecule has 1 saturated carbocycles. The van der Waals surface area contributed by atoms with Gasteiger partial charge in [-0.3, -0.25) is 0 Å². The minimum atomic E-state index is -4.29. The molecule has 0 bridgehead atoms. The molecular weight excluding hydrogens is 247 g/mol. The van der Waals surface area contributed by atoms with Crippen LogP contribution in [0.2, 0.25) is 0 Å². The van der Waals surface area contributed by atoms with Crippen molar-refractivity contribution in [2.45, 2.75) is 44.2 Å². The van der Waals surface area contributed by atoms with E-state index in [1.165, 1.54) is 0 Å². The fraction of sp³-hybridized carbons (Fsp3) is 0.818. The molecule has 1 heterocycles. The fourth-order valence-electron chi connectivity index (χ4n) is 2.33. The van der Waals surface area contributed by atoms with Gasteiger partial charge in [0.05, 0.1) is 0 Å². The average Bonchev–Trinajstić information content (AvgIpc) is 2.75. The van der Waals surface area contributed by atoms with E-state index in [1.807, 2.05) is 0 Å². The molecule has 0 saturated heterocycles. The Hall–Kier alpha value is -1.11. The van der Waals surface area contributed by atoms with Crippen LogP contribution in [0.5, 0.6) is 0 Å². The highest BCUT2D eigenvalue weighted by Crippen LogP contribution is 2.34. The van der Waals surface area contributed by atoms with Crippen molar-refractivity contribution in [2.75, 3.05) is 6.54 Å². The van der Waals surface area contributed by atoms with Crippen molar-refractivity contribution in [1.82, 2.24) is 10.1 Å². The van der Waals surface area contributed by atoms with Crippen LogP contribution in [-0.2, 0) is 6.42 Å². The molecule has 2 N–H and O–H groups in total. The Balaban J connectivity index is 1.94. The summed E-state index contributed by atoms with van der Waals surface area (Å²) in [5, 5.41) is 3.39. The fourth-order valence-corrected chi connectivity index (χ4v) is 2.33. The van der Waals surface area contributed by atoms with Crippen molar-refractivity contribution >= 4 is 0 Å². The second kappa shape index (κ2) is 5.26. The molecule has 2 rings (SSSR count). The summed E-state index contributed by atoms with van der Waals surface area (Å²) >= 11 is 0. The largest absolute Gasteiger partial charge is 0.396 e. The molecule has 1 fully saturated rings. The SMILES string of the molecule is NCC1CCC(c2nc(CC(F)(F)F)no2)CC1. The highest BCUT2D eigenvalue weighted by molar-refractivity contribution is 4.97. The summed E-state index contributed by atoms with van der Waals surface area (Å²) in [6.45, 7) is 0.663. The maximum atomic E-state index is 12.2. The molecule has 1 aromatic heterocycles. The molecule has 1 aliphatic rings. The van der Waals surface area contributed by atoms with Gasteiger partial charge in [0.1, 0.15) is 6.42 Å². The zero-order valence-corrected chi connectivity index (χ0v) is 9.91. The predicted molar refractivity (Wildman–Crippen MR) is 57.8 cm³/mol. The van der Waals surface area contributed by atoms with E-state index in [0.717, 1.165) is 25.7 Å². The number of hydrogen-bond donors (Lipinski definition) is 1. The Bertz CT molecular complexity index is 383. The zero-order valence-electron chi connectivity index (χ0n) is 9.91. The van der Waals surface area contributed by atoms with Gasteiger partial charge < -0.3 is 10.3 Å². The van der Waals surface area contributed by atoms with Crippen molar-refractivity contribution in [3.8, 4) is 0 Å². The van der Waals surface area contributed by atoms with Gasteiger partial charge >= 0.3 is 6.18 Å². The molecule has 0 aromatic carbocycles. The lowest BCUT2D eigenvalue weighted by Gasteiger charge is -2.24. The number of halogens is 3. The Kier molecular flexibility index (Phi) is 3.89. The topological polar surface area (TPSA) is 64.9 Å². The lowest BCUT2D eigenvalue weighted by atomic mass is 9.82. The normalized spacial score (nSPS) is 25.3. The lowest BCUT2D eigenvalue weighted by Crippen LogP contribution is -2.20. The molecule has 0 spiro atoms. The van der Waals surface area contributed by atoms with Crippen molar-refractivity contribution in [1.29, 1.82) is 0 Å². The molecule has 0 radical (unpaired) electrons. The van der Waals surface area contributed by atoms with Gasteiger partial charge in [0.2, 0.25) is 5.89 Å². The van der Waals surface area contributed by atoms with E-state index in [4.69, 9.17) is 10.3 Å². The molecule has 4 nitrogen and oxygen atoms in total. The second-order valence-electron chi connectivity index (χ2n) is 4.79. The minimum absolute atomic E-state index is 0.0854. The highest BCUT2D eigenvalue weighted by atomic mass is 19.4. The summed E-state index contributed by atoms with van der Waals surface area (Å²) in [6.07, 6.45) is -1.77. The van der Waals surface area contributed by atoms with Crippen molar-refractivity contribution in [2.24, 2.45) is 11.7 Å². The van der Waals surface area contributed by atoms with Crippen LogP contribution in [0, 0.1) is 5.92 Å². The maximum absolute atomic E-state index is 12.2. The summed E-state index contributed by atoms with van der Waals surface area (Å²) in [6, 6.07) is 0. The van der Waals surface area contributed by atoms with Crippen LogP contribution >= 0.6 is 0 Å². The first-order valence-corrected chi connectivity index (χ1v) is 6.07. The first-order chi connectivity index (χ1) is 8.48. The number of hydrogen-bond acceptors (Lipinski definition) is 4. The molecule has 7 heteroatoms. The van der Waals surface area contributed by atoms with E-state index < -0.39 is 12.6 Å². The monoisotopic (exact) mass is 263 g/mol. The quantitative estimate of drug-likeness (QED) is 0.909. The third-order valence-corrected chi connectivity index (χ3v) is 3.37. The van der Waals surface area contributed by atoms with Gasteiger partial charge in [-0.05, 0) is 38.1 Å². The Morgan fingerprint density at radius 2 is 1.89 bits per heavy atom. The van der Waals surface area contributed by atoms with Gasteiger partial charge in [-0.15, -0.1) is 0 Å². The molecule has 0 atom stereocenters. The first kappa shape index (κ1) is 13.3. The molecule has 102 valence electrons. The van der Waals surface area contributed by atoms with Gasteiger partial charge in [-0.1, -0.05) is 5.16 Å². The van der Waals surface area contributed by atoms with Gasteiger partial charge in [-0.2, -0.15) is 18.2 Å². The minimum Gasteiger partial charge on any atom is -0.339 e. The molecular formula is C11H16F3N3O. The van der Waals surface area contributed by atoms with Crippen molar-refractivity contribution in [3.05, 3.63) is 11.7 Å². The van der Waals surface area contributed by atoms with Gasteiger partial charge in [-0.25, -0.2) is 0 Å². The lowest BCUT2D eigenvalue weighted by molar-refractivity contribution is -0.128. The van der Waals surface area contributed by atoms with Crippen molar-refractivity contribution in [3.63, 3.8) is 0 Å². The van der Waals surface area contributed by atoms with Crippen LogP contribution in [0.4, 0.5) is 13.2 Å². The number of rotatable bonds is 3. The van der Waals surface area contributed by atoms with Crippen LogP contribution in [0.15, 0.2) is 4.52 Å². The van der Waals surface area contributed by atoms with E-state index in [-0.39, 0.29) is 11.7 Å². The predicted octanol–water partition coefficient (Wildman–Crippen LogP) is 2.41. The van der Waals surface area contributed by atoms with Gasteiger partial charge in [0.25, 0.3) is 0 Å². The highest BCUT2D eigenvalue weighted by Gasteiger charge is 2.32. The molecule has 1 aromatic rings. The summed E-state index contributed by atoms with van der Waals surface area (Å²) in [4.78, 5) is 3.84. The molecule has 0 aliphatic heterocycles. The summed E-state index contributed by atoms with van der Waals surface area (Å²) in [5.41, 5.74) is 5.58. The maximum Gasteiger partial charge on any atom is 0.396 e. The summed E-state index contributed by atoms with van der Waals surface area (Å²) < 4.78 is 41.4. The van der Waals surface area contributed by atoms with E-state index in [2.05, 4.69) is 10.1 Å². The van der Waals surface area contributed by atoms with E-state index >= 15 is 0 Å². The summed E-state index contributed by atoms with van der Waals surface area (Å²) in [7, 11) is 0. The average molecular weight is 263 g/mol. The standard InChI is InChI=1S/C11H16F3N3O/c12-11(13,14)5-9-16-10(18-17-9)8-3-1-7(6-15)2-4-8/h7-8H,1-6,15H2. The first-order valence-electron chi connectivity index (χ1n) is 6.07. The summed E-state index contributed by atoms with van der Waals surface area (Å²) in [5.74, 6) is 0.657. The van der Waals surface area contributed by atoms with E-state index in [0.29, 0.717) is 18.4 Å². The van der Waals surface area contributed by atoms with E-state index in [1.54, 1.807) is 0 Å². The smallest absolute Gasteiger partial charge is 0.339 e. The van der Waals surface area contributed by atoms with E-state index in [9.17, 15) is 13.2 Å². The number of nitrogens with two attached hydrogens (primary N) is 1. The Morgan fingerprint density at radius 3 is 2.44 bits per heavy atom. The Morgan fingerprint density at radius 1 is 1.22 bits per heavy atom. The van der Waals surface area contributed by atoms with Crippen LogP contribution < -0.4 is 5.73 Å². The van der Waals surface area contributed by atoms with Gasteiger partial charge in [0, 0.05) is 5.92 Å². The zero-order chi connectivity index (χ0) is 13.2. The van der Waals surface area contributed by atoms with Crippen LogP contribution in [0.25, 0.3) is 0 Å². The van der Waals surface area contributed by atoms with Crippen LogP contribution in [-0.4, -0.2) is 22.9 Å². The number of alkyl halides is 3.